The summed E-state index contributed by atoms with van der Waals surface area (Å²) in [5, 5.41) is 12.8. The van der Waals surface area contributed by atoms with Gasteiger partial charge < -0.3 is 15.2 Å². The summed E-state index contributed by atoms with van der Waals surface area (Å²) in [5.74, 6) is -0.957. The molecule has 0 bridgehead atoms. The lowest BCUT2D eigenvalue weighted by Crippen LogP contribution is -2.37. The average molecular weight is 339 g/mol. The SMILES string of the molecule is CC(NC(=O)c1ccc(OC(F)F)cc1)C(O)c1ccc(F)cc1. The Kier molecular flexibility index (Phi) is 5.81. The number of halogens is 3. The number of carbonyl (C=O) groups is 1. The summed E-state index contributed by atoms with van der Waals surface area (Å²) in [7, 11) is 0. The molecule has 2 unspecified atom stereocenters. The third-order valence-electron chi connectivity index (χ3n) is 3.39. The maximum absolute atomic E-state index is 12.9. The van der Waals surface area contributed by atoms with E-state index in [1.54, 1.807) is 6.92 Å². The van der Waals surface area contributed by atoms with Gasteiger partial charge >= 0.3 is 6.61 Å². The van der Waals surface area contributed by atoms with Crippen molar-refractivity contribution in [1.82, 2.24) is 5.32 Å². The molecule has 0 saturated heterocycles. The van der Waals surface area contributed by atoms with Crippen LogP contribution < -0.4 is 10.1 Å². The van der Waals surface area contributed by atoms with Crippen molar-refractivity contribution < 1.29 is 27.8 Å². The number of aliphatic hydroxyl groups excluding tert-OH is 1. The van der Waals surface area contributed by atoms with Crippen LogP contribution >= 0.6 is 0 Å². The summed E-state index contributed by atoms with van der Waals surface area (Å²) >= 11 is 0. The number of rotatable bonds is 6. The van der Waals surface area contributed by atoms with Crippen LogP contribution in [0.5, 0.6) is 5.75 Å². The van der Waals surface area contributed by atoms with Crippen LogP contribution in [0.25, 0.3) is 0 Å². The monoisotopic (exact) mass is 339 g/mol. The van der Waals surface area contributed by atoms with Crippen molar-refractivity contribution in [2.24, 2.45) is 0 Å². The molecule has 2 N–H and O–H groups in total. The van der Waals surface area contributed by atoms with Gasteiger partial charge in [0, 0.05) is 5.56 Å². The van der Waals surface area contributed by atoms with Gasteiger partial charge in [-0.15, -0.1) is 0 Å². The predicted octanol–water partition coefficient (Wildman–Crippen LogP) is 3.28. The van der Waals surface area contributed by atoms with Crippen molar-refractivity contribution in [3.8, 4) is 5.75 Å². The van der Waals surface area contributed by atoms with Crippen LogP contribution in [-0.2, 0) is 0 Å². The van der Waals surface area contributed by atoms with Gasteiger partial charge in [0.15, 0.2) is 0 Å². The minimum absolute atomic E-state index is 0.0547. The van der Waals surface area contributed by atoms with E-state index in [9.17, 15) is 23.1 Å². The smallest absolute Gasteiger partial charge is 0.387 e. The van der Waals surface area contributed by atoms with E-state index in [1.165, 1.54) is 48.5 Å². The van der Waals surface area contributed by atoms with Gasteiger partial charge in [-0.05, 0) is 48.9 Å². The molecule has 2 aromatic carbocycles. The molecule has 4 nitrogen and oxygen atoms in total. The van der Waals surface area contributed by atoms with Crippen LogP contribution in [0, 0.1) is 5.82 Å². The molecule has 24 heavy (non-hydrogen) atoms. The molecule has 128 valence electrons. The van der Waals surface area contributed by atoms with Gasteiger partial charge in [-0.25, -0.2) is 4.39 Å². The number of aliphatic hydroxyl groups is 1. The zero-order valence-corrected chi connectivity index (χ0v) is 12.7. The number of ether oxygens (including phenoxy) is 1. The van der Waals surface area contributed by atoms with Gasteiger partial charge in [-0.2, -0.15) is 8.78 Å². The quantitative estimate of drug-likeness (QED) is 0.849. The molecular weight excluding hydrogens is 323 g/mol. The van der Waals surface area contributed by atoms with E-state index in [1.807, 2.05) is 0 Å². The van der Waals surface area contributed by atoms with E-state index in [0.29, 0.717) is 5.56 Å². The molecule has 2 rings (SSSR count). The Labute approximate surface area is 136 Å². The molecule has 0 radical (unpaired) electrons. The molecule has 0 spiro atoms. The zero-order valence-electron chi connectivity index (χ0n) is 12.7. The van der Waals surface area contributed by atoms with Gasteiger partial charge in [0.05, 0.1) is 12.1 Å². The fraction of sp³-hybridized carbons (Fsp3) is 0.235. The maximum Gasteiger partial charge on any atom is 0.387 e. The van der Waals surface area contributed by atoms with Gasteiger partial charge in [0.25, 0.3) is 5.91 Å². The molecule has 1 amide bonds. The standard InChI is InChI=1S/C17H16F3NO3/c1-10(15(22)11-2-6-13(18)7-3-11)21-16(23)12-4-8-14(9-5-12)24-17(19)20/h2-10,15,17,22H,1H3,(H,21,23). The average Bonchev–Trinajstić information content (AvgIpc) is 2.55. The van der Waals surface area contributed by atoms with E-state index in [4.69, 9.17) is 0 Å². The zero-order chi connectivity index (χ0) is 17.7. The summed E-state index contributed by atoms with van der Waals surface area (Å²) in [6, 6.07) is 9.83. The third kappa shape index (κ3) is 4.73. The van der Waals surface area contributed by atoms with Crippen LogP contribution in [0.3, 0.4) is 0 Å². The Morgan fingerprint density at radius 3 is 2.21 bits per heavy atom. The maximum atomic E-state index is 12.9. The van der Waals surface area contributed by atoms with E-state index in [0.717, 1.165) is 0 Å². The number of benzene rings is 2. The fourth-order valence-electron chi connectivity index (χ4n) is 2.11. The summed E-state index contributed by atoms with van der Waals surface area (Å²) in [6.45, 7) is -1.34. The van der Waals surface area contributed by atoms with Crippen molar-refractivity contribution in [3.05, 3.63) is 65.5 Å². The molecule has 0 aliphatic carbocycles. The highest BCUT2D eigenvalue weighted by molar-refractivity contribution is 5.94. The molecule has 2 aromatic rings. The molecule has 2 atom stereocenters. The molecule has 0 aliphatic heterocycles. The lowest BCUT2D eigenvalue weighted by atomic mass is 10.0. The molecule has 0 saturated carbocycles. The highest BCUT2D eigenvalue weighted by Crippen LogP contribution is 2.18. The van der Waals surface area contributed by atoms with Gasteiger partial charge in [0.2, 0.25) is 0 Å². The van der Waals surface area contributed by atoms with E-state index < -0.39 is 30.5 Å². The van der Waals surface area contributed by atoms with Crippen molar-refractivity contribution in [3.63, 3.8) is 0 Å². The van der Waals surface area contributed by atoms with Crippen LogP contribution in [0.2, 0.25) is 0 Å². The van der Waals surface area contributed by atoms with Gasteiger partial charge in [-0.3, -0.25) is 4.79 Å². The van der Waals surface area contributed by atoms with Crippen molar-refractivity contribution >= 4 is 5.91 Å². The van der Waals surface area contributed by atoms with E-state index >= 15 is 0 Å². The normalized spacial score (nSPS) is 13.4. The van der Waals surface area contributed by atoms with Crippen LogP contribution in [0.15, 0.2) is 48.5 Å². The number of alkyl halides is 2. The van der Waals surface area contributed by atoms with Crippen LogP contribution in [0.1, 0.15) is 28.9 Å². The number of amides is 1. The first-order valence-electron chi connectivity index (χ1n) is 7.16. The topological polar surface area (TPSA) is 58.6 Å². The Morgan fingerprint density at radius 1 is 1.08 bits per heavy atom. The number of carbonyl (C=O) groups excluding carboxylic acids is 1. The van der Waals surface area contributed by atoms with Crippen molar-refractivity contribution in [2.75, 3.05) is 0 Å². The third-order valence-corrected chi connectivity index (χ3v) is 3.39. The highest BCUT2D eigenvalue weighted by atomic mass is 19.3. The molecule has 0 fully saturated rings. The second-order valence-corrected chi connectivity index (χ2v) is 5.16. The highest BCUT2D eigenvalue weighted by Gasteiger charge is 2.19. The fourth-order valence-corrected chi connectivity index (χ4v) is 2.11. The summed E-state index contributed by atoms with van der Waals surface area (Å²) in [4.78, 5) is 12.1. The second kappa shape index (κ2) is 7.83. The largest absolute Gasteiger partial charge is 0.435 e. The first-order chi connectivity index (χ1) is 11.4. The van der Waals surface area contributed by atoms with E-state index in [2.05, 4.69) is 10.1 Å². The lowest BCUT2D eigenvalue weighted by Gasteiger charge is -2.20. The molecule has 7 heteroatoms. The van der Waals surface area contributed by atoms with Crippen LogP contribution in [-0.4, -0.2) is 23.7 Å². The minimum Gasteiger partial charge on any atom is -0.435 e. The minimum atomic E-state index is -2.93. The van der Waals surface area contributed by atoms with Crippen LogP contribution in [0.4, 0.5) is 13.2 Å². The Morgan fingerprint density at radius 2 is 1.67 bits per heavy atom. The Bertz CT molecular complexity index is 674. The Balaban J connectivity index is 1.98. The molecule has 0 aromatic heterocycles. The molecular formula is C17H16F3NO3. The first kappa shape index (κ1) is 17.8. The van der Waals surface area contributed by atoms with E-state index in [-0.39, 0.29) is 11.3 Å². The van der Waals surface area contributed by atoms with Gasteiger partial charge in [-0.1, -0.05) is 12.1 Å². The first-order valence-corrected chi connectivity index (χ1v) is 7.16. The number of nitrogens with one attached hydrogen (secondary N) is 1. The summed E-state index contributed by atoms with van der Waals surface area (Å²) in [6.07, 6.45) is -1.02. The predicted molar refractivity (Wildman–Crippen MR) is 81.4 cm³/mol. The summed E-state index contributed by atoms with van der Waals surface area (Å²) < 4.78 is 41.2. The number of hydrogen-bond donors (Lipinski definition) is 2. The summed E-state index contributed by atoms with van der Waals surface area (Å²) in [5.41, 5.74) is 0.694. The molecule has 0 aliphatic rings. The van der Waals surface area contributed by atoms with Gasteiger partial charge in [0.1, 0.15) is 11.6 Å². The lowest BCUT2D eigenvalue weighted by molar-refractivity contribution is -0.0498. The van der Waals surface area contributed by atoms with Crippen molar-refractivity contribution in [2.45, 2.75) is 25.7 Å². The number of hydrogen-bond acceptors (Lipinski definition) is 3. The Hall–Kier alpha value is -2.54. The molecule has 0 heterocycles. The second-order valence-electron chi connectivity index (χ2n) is 5.16. The van der Waals surface area contributed by atoms with Crippen molar-refractivity contribution in [1.29, 1.82) is 0 Å².